The van der Waals surface area contributed by atoms with E-state index >= 15 is 0 Å². The number of hydrogen-bond donors (Lipinski definition) is 4. The van der Waals surface area contributed by atoms with Gasteiger partial charge in [0.15, 0.2) is 23.3 Å². The van der Waals surface area contributed by atoms with E-state index in [0.29, 0.717) is 90.4 Å². The molecule has 0 amide bonds. The molecule has 9 rings (SSSR count). The van der Waals surface area contributed by atoms with Crippen LogP contribution in [0.25, 0.3) is 89.7 Å². The van der Waals surface area contributed by atoms with Crippen LogP contribution in [0, 0.1) is 35.5 Å². The summed E-state index contributed by atoms with van der Waals surface area (Å²) in [4.78, 5) is 42.1. The molecule has 12 nitrogen and oxygen atoms in total. The molecule has 2 atom stereocenters. The number of ether oxygens (including phenoxy) is 2. The highest BCUT2D eigenvalue weighted by atomic mass is 16.5. The van der Waals surface area contributed by atoms with Crippen LogP contribution in [-0.2, 0) is 41.6 Å². The van der Waals surface area contributed by atoms with Crippen LogP contribution in [0.3, 0.4) is 0 Å². The lowest BCUT2D eigenvalue weighted by molar-refractivity contribution is 0.0176. The fourth-order valence-electron chi connectivity index (χ4n) is 12.1. The summed E-state index contributed by atoms with van der Waals surface area (Å²) in [6, 6.07) is 22.4. The van der Waals surface area contributed by atoms with E-state index < -0.39 is 0 Å². The van der Waals surface area contributed by atoms with Crippen LogP contribution in [0.1, 0.15) is 193 Å². The summed E-state index contributed by atoms with van der Waals surface area (Å²) in [5.74, 6) is 5.23. The molecule has 7 aromatic rings. The Kier molecular flexibility index (Phi) is 22.0. The van der Waals surface area contributed by atoms with E-state index in [0.717, 1.165) is 163 Å². The lowest BCUT2D eigenvalue weighted by Crippen LogP contribution is -2.16. The zero-order chi connectivity index (χ0) is 59.4. The topological polar surface area (TPSA) is 168 Å². The maximum Gasteiger partial charge on any atom is 0.165 e. The smallest absolute Gasteiger partial charge is 0.165 e. The van der Waals surface area contributed by atoms with Gasteiger partial charge in [0.2, 0.25) is 0 Å². The number of hydrogen-bond acceptors (Lipinski definition) is 10. The normalized spacial score (nSPS) is 13.2. The molecular formula is C72H98N8O4. The molecule has 3 aromatic heterocycles. The van der Waals surface area contributed by atoms with Crippen molar-refractivity contribution in [2.45, 2.75) is 191 Å². The Morgan fingerprint density at radius 2 is 0.786 bits per heavy atom. The van der Waals surface area contributed by atoms with Crippen molar-refractivity contribution in [3.8, 4) is 45.6 Å². The number of benzene rings is 4. The van der Waals surface area contributed by atoms with E-state index in [1.54, 1.807) is 0 Å². The molecule has 8 bridgehead atoms. The minimum absolute atomic E-state index is 0.164. The average molecular weight is 1140 g/mol. The molecule has 0 fully saturated rings. The molecular weight excluding hydrogens is 1040 g/mol. The van der Waals surface area contributed by atoms with E-state index in [1.165, 1.54) is 27.8 Å². The Morgan fingerprint density at radius 3 is 1.24 bits per heavy atom. The zero-order valence-electron chi connectivity index (χ0n) is 52.8. The third-order valence-corrected chi connectivity index (χ3v) is 17.0. The quantitative estimate of drug-likeness (QED) is 0.0307. The third kappa shape index (κ3) is 15.2. The molecule has 4 aromatic carbocycles. The number of rotatable bonds is 31. The van der Waals surface area contributed by atoms with E-state index in [4.69, 9.17) is 39.4 Å². The highest BCUT2D eigenvalue weighted by Gasteiger charge is 2.32. The van der Waals surface area contributed by atoms with Gasteiger partial charge in [-0.3, -0.25) is 0 Å². The summed E-state index contributed by atoms with van der Waals surface area (Å²) in [6.07, 6.45) is 15.0. The molecule has 0 saturated carbocycles. The van der Waals surface area contributed by atoms with Crippen LogP contribution in [-0.4, -0.2) is 83.1 Å². The number of aromatic nitrogens is 8. The SMILES string of the molecule is CC(C)CCc1ccc(CCC(C)C)c2c1-c1nc-2nc2[nH]c(nc3nc(nc4[nH]c(n1)c1ccccc41)-c1c(C(CC(C)COCCCCCO)OCCCCCO)ccc(CCC(C)C)c1-3)c1c(CCC(C)C)ccc(CCC(C)C)c21. The third-order valence-electron chi connectivity index (χ3n) is 17.0. The highest BCUT2D eigenvalue weighted by Crippen LogP contribution is 2.46. The van der Waals surface area contributed by atoms with Gasteiger partial charge in [-0.1, -0.05) is 137 Å². The molecule has 450 valence electrons. The Morgan fingerprint density at radius 1 is 0.405 bits per heavy atom. The Labute approximate surface area is 500 Å². The van der Waals surface area contributed by atoms with Crippen molar-refractivity contribution in [1.29, 1.82) is 0 Å². The molecule has 2 unspecified atom stereocenters. The number of aliphatic hydroxyl groups excluding tert-OH is 2. The number of aryl methyl sites for hydroxylation is 5. The lowest BCUT2D eigenvalue weighted by atomic mass is 9.88. The van der Waals surface area contributed by atoms with E-state index in [9.17, 15) is 10.2 Å². The molecule has 0 saturated heterocycles. The predicted molar refractivity (Wildman–Crippen MR) is 347 cm³/mol. The minimum atomic E-state index is -0.316. The predicted octanol–water partition coefficient (Wildman–Crippen LogP) is 17.2. The van der Waals surface area contributed by atoms with E-state index in [-0.39, 0.29) is 25.2 Å². The monoisotopic (exact) mass is 1140 g/mol. The highest BCUT2D eigenvalue weighted by molar-refractivity contribution is 6.09. The van der Waals surface area contributed by atoms with Crippen molar-refractivity contribution in [2.75, 3.05) is 33.0 Å². The summed E-state index contributed by atoms with van der Waals surface area (Å²) in [5.41, 5.74) is 14.2. The first-order chi connectivity index (χ1) is 40.6. The first-order valence-corrected chi connectivity index (χ1v) is 32.4. The van der Waals surface area contributed by atoms with E-state index in [1.807, 2.05) is 0 Å². The van der Waals surface area contributed by atoms with Gasteiger partial charge in [0.05, 0.1) is 6.10 Å². The zero-order valence-corrected chi connectivity index (χ0v) is 52.8. The Bertz CT molecular complexity index is 3500. The molecule has 5 heterocycles. The summed E-state index contributed by atoms with van der Waals surface area (Å²) in [7, 11) is 0. The summed E-state index contributed by atoms with van der Waals surface area (Å²) < 4.78 is 13.4. The van der Waals surface area contributed by atoms with Gasteiger partial charge < -0.3 is 29.7 Å². The fraction of sp³-hybridized carbons (Fsp3) is 0.556. The van der Waals surface area contributed by atoms with Crippen molar-refractivity contribution in [3.05, 3.63) is 94.0 Å². The Balaban J connectivity index is 1.41. The van der Waals surface area contributed by atoms with E-state index in [2.05, 4.69) is 147 Å². The summed E-state index contributed by atoms with van der Waals surface area (Å²) in [5, 5.41) is 23.2. The van der Waals surface area contributed by atoms with Crippen molar-refractivity contribution < 1.29 is 19.7 Å². The van der Waals surface area contributed by atoms with Gasteiger partial charge in [0.25, 0.3) is 0 Å². The number of aromatic amines is 2. The van der Waals surface area contributed by atoms with Gasteiger partial charge in [0, 0.05) is 76.8 Å². The van der Waals surface area contributed by atoms with Crippen LogP contribution in [0.2, 0.25) is 0 Å². The maximum atomic E-state index is 9.74. The summed E-state index contributed by atoms with van der Waals surface area (Å²) in [6.45, 7) is 27.5. The fourth-order valence-corrected chi connectivity index (χ4v) is 12.1. The van der Waals surface area contributed by atoms with Crippen LogP contribution in [0.4, 0.5) is 0 Å². The van der Waals surface area contributed by atoms with Crippen molar-refractivity contribution in [1.82, 2.24) is 39.9 Å². The molecule has 12 heteroatoms. The second kappa shape index (κ2) is 29.5. The van der Waals surface area contributed by atoms with Gasteiger partial charge in [-0.2, -0.15) is 0 Å². The molecule has 4 N–H and O–H groups in total. The number of H-pyrrole nitrogens is 2. The van der Waals surface area contributed by atoms with Gasteiger partial charge in [-0.15, -0.1) is 0 Å². The Hall–Kier alpha value is -5.92. The molecule has 2 aliphatic heterocycles. The van der Waals surface area contributed by atoms with Crippen LogP contribution >= 0.6 is 0 Å². The maximum absolute atomic E-state index is 9.74. The summed E-state index contributed by atoms with van der Waals surface area (Å²) >= 11 is 0. The van der Waals surface area contributed by atoms with Gasteiger partial charge >= 0.3 is 0 Å². The van der Waals surface area contributed by atoms with Crippen molar-refractivity contribution >= 4 is 44.1 Å². The molecule has 0 radical (unpaired) electrons. The first-order valence-electron chi connectivity index (χ1n) is 32.4. The minimum Gasteiger partial charge on any atom is -0.396 e. The molecule has 2 aliphatic rings. The number of unbranched alkanes of at least 4 members (excludes halogenated alkanes) is 4. The van der Waals surface area contributed by atoms with Crippen LogP contribution in [0.5, 0.6) is 0 Å². The molecule has 0 spiro atoms. The number of aliphatic hydroxyl groups is 2. The van der Waals surface area contributed by atoms with Crippen LogP contribution < -0.4 is 0 Å². The van der Waals surface area contributed by atoms with Crippen molar-refractivity contribution in [3.63, 3.8) is 0 Å². The number of nitrogens with zero attached hydrogens (tertiary/aromatic N) is 6. The largest absolute Gasteiger partial charge is 0.396 e. The second-order valence-corrected chi connectivity index (χ2v) is 26.5. The van der Waals surface area contributed by atoms with Crippen LogP contribution in [0.15, 0.2) is 60.7 Å². The van der Waals surface area contributed by atoms with Gasteiger partial charge in [0.1, 0.15) is 22.6 Å². The van der Waals surface area contributed by atoms with Gasteiger partial charge in [-0.25, -0.2) is 29.9 Å². The number of fused-ring (bicyclic) bond motifs is 20. The second-order valence-electron chi connectivity index (χ2n) is 26.5. The standard InChI is InChI=1S/C72H98N8O4/c1-44(2)22-27-50-32-33-51(28-23-45(3)4)60-59(50)67-74-65-55-20-14-15-21-56(55)66(73-65)75-72-64-57(58(84-41-19-13-17-39-82)42-49(11)43-83-40-18-12-16-38-81)37-36-54(31-26-48(9)10)63(64)71(80-72)79-70-62-53(30-25-47(7)8)35-34-52(29-24-46(5)6)61(62)69(78-70)77-68(60)76-67/h14-15,20-21,32-37,44-49,58,81-82H,12-13,16-19,22-31,38-43H2,1-11H3,(H2,73,74,75,76,77,78,79,80). The first kappa shape index (κ1) is 62.6. The molecule has 0 aliphatic carbocycles. The lowest BCUT2D eigenvalue weighted by Gasteiger charge is -2.25. The number of nitrogens with one attached hydrogen (secondary N) is 2. The average Bonchev–Trinajstić information content (AvgIpc) is 1.79. The molecule has 84 heavy (non-hydrogen) atoms. The van der Waals surface area contributed by atoms with Crippen molar-refractivity contribution in [2.24, 2.45) is 35.5 Å². The van der Waals surface area contributed by atoms with Gasteiger partial charge in [-0.05, 0) is 178 Å².